The topological polar surface area (TPSA) is 59.3 Å². The predicted octanol–water partition coefficient (Wildman–Crippen LogP) is 0.621. The number of rotatable bonds is 2. The lowest BCUT2D eigenvalue weighted by atomic mass is 10.3. The Bertz CT molecular complexity index is 515. The number of hydrogen-bond donors (Lipinski definition) is 1. The minimum atomic E-state index is -0.0551. The second-order valence-electron chi connectivity index (χ2n) is 3.71. The van der Waals surface area contributed by atoms with Crippen LogP contribution in [0.25, 0.3) is 5.52 Å². The summed E-state index contributed by atoms with van der Waals surface area (Å²) in [6, 6.07) is 0.365. The Morgan fingerprint density at radius 1 is 1.47 bits per heavy atom. The first-order valence-electron chi connectivity index (χ1n) is 4.93. The summed E-state index contributed by atoms with van der Waals surface area (Å²) in [6.45, 7) is 0. The molecular formula is C10H10N4O. The molecule has 5 nitrogen and oxygen atoms in total. The number of carbonyl (C=O) groups excluding carboxylic acids is 1. The van der Waals surface area contributed by atoms with Crippen molar-refractivity contribution in [1.29, 1.82) is 0 Å². The summed E-state index contributed by atoms with van der Waals surface area (Å²) in [5.74, 6) is -0.0551. The molecule has 2 aromatic heterocycles. The van der Waals surface area contributed by atoms with Gasteiger partial charge in [-0.2, -0.15) is 5.10 Å². The molecule has 3 rings (SSSR count). The Kier molecular flexibility index (Phi) is 1.71. The fraction of sp³-hybridized carbons (Fsp3) is 0.300. The molecule has 0 unspecified atom stereocenters. The minimum absolute atomic E-state index is 0.0551. The van der Waals surface area contributed by atoms with E-state index in [4.69, 9.17) is 0 Å². The third-order valence-corrected chi connectivity index (χ3v) is 2.48. The Hall–Kier alpha value is -1.91. The smallest absolute Gasteiger partial charge is 0.255 e. The van der Waals surface area contributed by atoms with E-state index >= 15 is 0 Å². The summed E-state index contributed by atoms with van der Waals surface area (Å²) in [5.41, 5.74) is 1.34. The van der Waals surface area contributed by atoms with Crippen LogP contribution in [0.2, 0.25) is 0 Å². The molecule has 0 aromatic carbocycles. The maximum atomic E-state index is 11.8. The average Bonchev–Trinajstić information content (AvgIpc) is 2.96. The fourth-order valence-corrected chi connectivity index (χ4v) is 1.50. The lowest BCUT2D eigenvalue weighted by Crippen LogP contribution is -2.25. The molecule has 0 aliphatic heterocycles. The molecule has 1 N–H and O–H groups in total. The normalized spacial score (nSPS) is 15.5. The highest BCUT2D eigenvalue weighted by atomic mass is 16.1. The van der Waals surface area contributed by atoms with Gasteiger partial charge >= 0.3 is 0 Å². The van der Waals surface area contributed by atoms with Gasteiger partial charge in [0.25, 0.3) is 5.91 Å². The molecule has 2 aromatic rings. The minimum Gasteiger partial charge on any atom is -0.349 e. The van der Waals surface area contributed by atoms with Crippen molar-refractivity contribution in [2.24, 2.45) is 0 Å². The molecule has 1 aliphatic rings. The molecule has 1 amide bonds. The number of fused-ring (bicyclic) bond motifs is 1. The van der Waals surface area contributed by atoms with Crippen molar-refractivity contribution in [3.63, 3.8) is 0 Å². The Morgan fingerprint density at radius 2 is 2.33 bits per heavy atom. The van der Waals surface area contributed by atoms with E-state index in [1.807, 2.05) is 0 Å². The zero-order chi connectivity index (χ0) is 10.3. The van der Waals surface area contributed by atoms with Crippen molar-refractivity contribution < 1.29 is 4.79 Å². The lowest BCUT2D eigenvalue weighted by Gasteiger charge is -2.00. The maximum absolute atomic E-state index is 11.8. The molecule has 1 saturated carbocycles. The van der Waals surface area contributed by atoms with Gasteiger partial charge in [-0.25, -0.2) is 4.52 Å². The van der Waals surface area contributed by atoms with Crippen molar-refractivity contribution in [2.45, 2.75) is 18.9 Å². The largest absolute Gasteiger partial charge is 0.349 e. The monoisotopic (exact) mass is 202 g/mol. The molecule has 0 spiro atoms. The number of hydrogen-bond acceptors (Lipinski definition) is 3. The molecular weight excluding hydrogens is 192 g/mol. The van der Waals surface area contributed by atoms with Crippen LogP contribution in [0.5, 0.6) is 0 Å². The highest BCUT2D eigenvalue weighted by Crippen LogP contribution is 2.20. The lowest BCUT2D eigenvalue weighted by molar-refractivity contribution is 0.0952. The molecule has 0 saturated heterocycles. The number of nitrogens with zero attached hydrogens (tertiary/aromatic N) is 3. The van der Waals surface area contributed by atoms with Crippen LogP contribution in [0.15, 0.2) is 24.8 Å². The third kappa shape index (κ3) is 1.45. The van der Waals surface area contributed by atoms with Crippen molar-refractivity contribution in [1.82, 2.24) is 19.9 Å². The predicted molar refractivity (Wildman–Crippen MR) is 53.5 cm³/mol. The van der Waals surface area contributed by atoms with Crippen molar-refractivity contribution in [3.05, 3.63) is 30.4 Å². The van der Waals surface area contributed by atoms with Crippen LogP contribution in [-0.2, 0) is 0 Å². The van der Waals surface area contributed by atoms with Gasteiger partial charge in [0.2, 0.25) is 0 Å². The van der Waals surface area contributed by atoms with Gasteiger partial charge in [-0.05, 0) is 12.8 Å². The molecule has 15 heavy (non-hydrogen) atoms. The maximum Gasteiger partial charge on any atom is 0.255 e. The first-order chi connectivity index (χ1) is 7.34. The number of aromatic nitrogens is 3. The second kappa shape index (κ2) is 3.05. The van der Waals surface area contributed by atoms with Gasteiger partial charge in [-0.3, -0.25) is 9.78 Å². The van der Waals surface area contributed by atoms with E-state index in [2.05, 4.69) is 15.4 Å². The van der Waals surface area contributed by atoms with Crippen LogP contribution in [0.1, 0.15) is 23.2 Å². The van der Waals surface area contributed by atoms with Gasteiger partial charge in [-0.1, -0.05) is 0 Å². The first kappa shape index (κ1) is 8.40. The quantitative estimate of drug-likeness (QED) is 0.776. The first-order valence-corrected chi connectivity index (χ1v) is 4.93. The highest BCUT2D eigenvalue weighted by Gasteiger charge is 2.25. The molecule has 5 heteroatoms. The fourth-order valence-electron chi connectivity index (χ4n) is 1.50. The van der Waals surface area contributed by atoms with E-state index in [9.17, 15) is 4.79 Å². The molecule has 1 fully saturated rings. The summed E-state index contributed by atoms with van der Waals surface area (Å²) >= 11 is 0. The Labute approximate surface area is 86.1 Å². The van der Waals surface area contributed by atoms with E-state index in [1.165, 1.54) is 0 Å². The van der Waals surface area contributed by atoms with Crippen LogP contribution in [0.4, 0.5) is 0 Å². The van der Waals surface area contributed by atoms with Crippen LogP contribution in [-0.4, -0.2) is 26.5 Å². The van der Waals surface area contributed by atoms with E-state index in [0.29, 0.717) is 11.6 Å². The van der Waals surface area contributed by atoms with Gasteiger partial charge in [0, 0.05) is 18.4 Å². The Balaban J connectivity index is 1.98. The summed E-state index contributed by atoms with van der Waals surface area (Å²) in [5, 5.41) is 7.01. The molecule has 0 atom stereocenters. The number of amides is 1. The summed E-state index contributed by atoms with van der Waals surface area (Å²) in [4.78, 5) is 15.8. The zero-order valence-electron chi connectivity index (χ0n) is 8.05. The van der Waals surface area contributed by atoms with Gasteiger partial charge in [-0.15, -0.1) is 0 Å². The van der Waals surface area contributed by atoms with E-state index in [1.54, 1.807) is 29.3 Å². The van der Waals surface area contributed by atoms with E-state index < -0.39 is 0 Å². The zero-order valence-corrected chi connectivity index (χ0v) is 8.05. The van der Waals surface area contributed by atoms with E-state index in [-0.39, 0.29) is 5.91 Å². The van der Waals surface area contributed by atoms with Crippen LogP contribution >= 0.6 is 0 Å². The molecule has 76 valence electrons. The summed E-state index contributed by atoms with van der Waals surface area (Å²) in [6.07, 6.45) is 8.77. The molecule has 0 radical (unpaired) electrons. The molecule has 0 bridgehead atoms. The second-order valence-corrected chi connectivity index (χ2v) is 3.71. The molecule has 1 aliphatic carbocycles. The Morgan fingerprint density at radius 3 is 3.13 bits per heavy atom. The van der Waals surface area contributed by atoms with Crippen LogP contribution < -0.4 is 5.32 Å². The SMILES string of the molecule is O=C(NC1CC1)c1cnn2ccncc12. The standard InChI is InChI=1S/C10H10N4O/c15-10(13-7-1-2-7)8-5-12-14-4-3-11-6-9(8)14/h3-7H,1-2H2,(H,13,15). The van der Waals surface area contributed by atoms with Crippen molar-refractivity contribution in [3.8, 4) is 0 Å². The van der Waals surface area contributed by atoms with Gasteiger partial charge in [0.05, 0.1) is 23.5 Å². The van der Waals surface area contributed by atoms with Gasteiger partial charge in [0.1, 0.15) is 0 Å². The third-order valence-electron chi connectivity index (χ3n) is 2.48. The van der Waals surface area contributed by atoms with E-state index in [0.717, 1.165) is 18.4 Å². The average molecular weight is 202 g/mol. The number of nitrogens with one attached hydrogen (secondary N) is 1. The summed E-state index contributed by atoms with van der Waals surface area (Å²) < 4.78 is 1.65. The van der Waals surface area contributed by atoms with Gasteiger partial charge in [0.15, 0.2) is 0 Å². The molecule has 2 heterocycles. The summed E-state index contributed by atoms with van der Waals surface area (Å²) in [7, 11) is 0. The number of carbonyl (C=O) groups is 1. The van der Waals surface area contributed by atoms with Gasteiger partial charge < -0.3 is 5.32 Å². The van der Waals surface area contributed by atoms with Crippen molar-refractivity contribution in [2.75, 3.05) is 0 Å². The van der Waals surface area contributed by atoms with Crippen LogP contribution in [0.3, 0.4) is 0 Å². The highest BCUT2D eigenvalue weighted by molar-refractivity contribution is 6.00. The van der Waals surface area contributed by atoms with Crippen molar-refractivity contribution >= 4 is 11.4 Å². The van der Waals surface area contributed by atoms with Crippen LogP contribution in [0, 0.1) is 0 Å².